The lowest BCUT2D eigenvalue weighted by molar-refractivity contribution is -0.384. The number of carboxylic acid groups (broad SMARTS) is 1. The van der Waals surface area contributed by atoms with Crippen LogP contribution < -0.4 is 0 Å². The largest absolute Gasteiger partial charge is 0.478 e. The Balaban J connectivity index is 3.16. The molecule has 0 aromatic heterocycles. The number of aliphatic carboxylic acids is 1. The van der Waals surface area contributed by atoms with Gasteiger partial charge in [0.25, 0.3) is 5.69 Å². The van der Waals surface area contributed by atoms with E-state index in [2.05, 4.69) is 0 Å². The van der Waals surface area contributed by atoms with Gasteiger partial charge in [0.2, 0.25) is 0 Å². The third-order valence-corrected chi connectivity index (χ3v) is 2.11. The SMILES string of the molecule is CCC(=CC(=O)O)c1cccc([N+](=O)[O-])c1. The first-order valence-electron chi connectivity index (χ1n) is 4.73. The van der Waals surface area contributed by atoms with Crippen LogP contribution >= 0.6 is 0 Å². The van der Waals surface area contributed by atoms with Gasteiger partial charge < -0.3 is 5.11 Å². The highest BCUT2D eigenvalue weighted by Crippen LogP contribution is 2.22. The fraction of sp³-hybridized carbons (Fsp3) is 0.182. The maximum absolute atomic E-state index is 10.6. The lowest BCUT2D eigenvalue weighted by Crippen LogP contribution is -1.93. The van der Waals surface area contributed by atoms with E-state index in [0.717, 1.165) is 6.08 Å². The van der Waals surface area contributed by atoms with E-state index in [-0.39, 0.29) is 5.69 Å². The summed E-state index contributed by atoms with van der Waals surface area (Å²) in [6, 6.07) is 5.94. The van der Waals surface area contributed by atoms with Gasteiger partial charge in [0.15, 0.2) is 0 Å². The van der Waals surface area contributed by atoms with Crippen LogP contribution in [0.4, 0.5) is 5.69 Å². The molecule has 1 N–H and O–H groups in total. The second kappa shape index (κ2) is 5.06. The van der Waals surface area contributed by atoms with Crippen molar-refractivity contribution in [2.24, 2.45) is 0 Å². The van der Waals surface area contributed by atoms with Crippen LogP contribution in [0.1, 0.15) is 18.9 Å². The quantitative estimate of drug-likeness (QED) is 0.481. The first-order chi connectivity index (χ1) is 7.54. The number of carbonyl (C=O) groups is 1. The molecule has 0 heterocycles. The maximum Gasteiger partial charge on any atom is 0.328 e. The van der Waals surface area contributed by atoms with Gasteiger partial charge in [-0.05, 0) is 17.6 Å². The predicted molar refractivity (Wildman–Crippen MR) is 59.0 cm³/mol. The Hall–Kier alpha value is -2.17. The van der Waals surface area contributed by atoms with E-state index in [4.69, 9.17) is 5.11 Å². The van der Waals surface area contributed by atoms with Crippen molar-refractivity contribution in [1.29, 1.82) is 0 Å². The topological polar surface area (TPSA) is 80.4 Å². The number of hydrogen-bond acceptors (Lipinski definition) is 3. The van der Waals surface area contributed by atoms with Gasteiger partial charge in [-0.3, -0.25) is 10.1 Å². The van der Waals surface area contributed by atoms with Crippen LogP contribution in [0.5, 0.6) is 0 Å². The maximum atomic E-state index is 10.6. The summed E-state index contributed by atoms with van der Waals surface area (Å²) in [4.78, 5) is 20.6. The summed E-state index contributed by atoms with van der Waals surface area (Å²) >= 11 is 0. The molecule has 0 spiro atoms. The first kappa shape index (κ1) is 11.9. The molecule has 0 aliphatic rings. The number of nitro groups is 1. The van der Waals surface area contributed by atoms with Crippen molar-refractivity contribution < 1.29 is 14.8 Å². The Morgan fingerprint density at radius 2 is 2.25 bits per heavy atom. The number of hydrogen-bond donors (Lipinski definition) is 1. The van der Waals surface area contributed by atoms with E-state index in [1.165, 1.54) is 12.1 Å². The van der Waals surface area contributed by atoms with Crippen LogP contribution in [0, 0.1) is 10.1 Å². The third kappa shape index (κ3) is 2.91. The Morgan fingerprint density at radius 3 is 2.75 bits per heavy atom. The summed E-state index contributed by atoms with van der Waals surface area (Å²) in [5.41, 5.74) is 1.09. The van der Waals surface area contributed by atoms with Gasteiger partial charge in [-0.15, -0.1) is 0 Å². The highest BCUT2D eigenvalue weighted by atomic mass is 16.6. The van der Waals surface area contributed by atoms with E-state index < -0.39 is 10.9 Å². The number of nitro benzene ring substituents is 1. The predicted octanol–water partition coefficient (Wildman–Crippen LogP) is 2.47. The molecule has 0 aliphatic carbocycles. The van der Waals surface area contributed by atoms with Crippen LogP contribution in [0.2, 0.25) is 0 Å². The summed E-state index contributed by atoms with van der Waals surface area (Å²) < 4.78 is 0. The molecule has 0 saturated carbocycles. The van der Waals surface area contributed by atoms with Crippen molar-refractivity contribution in [3.8, 4) is 0 Å². The summed E-state index contributed by atoms with van der Waals surface area (Å²) in [6.45, 7) is 1.80. The van der Waals surface area contributed by atoms with Crippen LogP contribution in [0.15, 0.2) is 30.3 Å². The molecule has 1 rings (SSSR count). The molecule has 0 aliphatic heterocycles. The number of carboxylic acids is 1. The van der Waals surface area contributed by atoms with E-state index in [1.807, 2.05) is 0 Å². The van der Waals surface area contributed by atoms with E-state index in [9.17, 15) is 14.9 Å². The van der Waals surface area contributed by atoms with Gasteiger partial charge >= 0.3 is 5.97 Å². The Kier molecular flexibility index (Phi) is 3.77. The molecule has 0 radical (unpaired) electrons. The Bertz CT molecular complexity index is 451. The molecule has 5 heteroatoms. The van der Waals surface area contributed by atoms with Crippen LogP contribution in [0.25, 0.3) is 5.57 Å². The normalized spacial score (nSPS) is 11.2. The molecule has 0 saturated heterocycles. The monoisotopic (exact) mass is 221 g/mol. The van der Waals surface area contributed by atoms with Gasteiger partial charge in [-0.2, -0.15) is 0 Å². The standard InChI is InChI=1S/C11H11NO4/c1-2-8(7-11(13)14)9-4-3-5-10(6-9)12(15)16/h3-7H,2H2,1H3,(H,13,14). The zero-order chi connectivity index (χ0) is 12.1. The number of non-ortho nitro benzene ring substituents is 1. The smallest absolute Gasteiger partial charge is 0.328 e. The molecular formula is C11H11NO4. The molecular weight excluding hydrogens is 210 g/mol. The second-order valence-electron chi connectivity index (χ2n) is 3.17. The zero-order valence-corrected chi connectivity index (χ0v) is 8.71. The van der Waals surface area contributed by atoms with Crippen molar-refractivity contribution in [1.82, 2.24) is 0 Å². The number of rotatable bonds is 4. The lowest BCUT2D eigenvalue weighted by Gasteiger charge is -2.03. The summed E-state index contributed by atoms with van der Waals surface area (Å²) in [5, 5.41) is 19.2. The van der Waals surface area contributed by atoms with Gasteiger partial charge in [-0.25, -0.2) is 4.79 Å². The molecule has 5 nitrogen and oxygen atoms in total. The minimum absolute atomic E-state index is 0.0396. The van der Waals surface area contributed by atoms with Crippen molar-refractivity contribution in [2.75, 3.05) is 0 Å². The fourth-order valence-electron chi connectivity index (χ4n) is 1.36. The average Bonchev–Trinajstić information content (AvgIpc) is 2.25. The van der Waals surface area contributed by atoms with E-state index in [1.54, 1.807) is 19.1 Å². The van der Waals surface area contributed by atoms with Crippen LogP contribution in [-0.4, -0.2) is 16.0 Å². The Morgan fingerprint density at radius 1 is 1.56 bits per heavy atom. The Labute approximate surface area is 92.2 Å². The van der Waals surface area contributed by atoms with Crippen molar-refractivity contribution >= 4 is 17.2 Å². The minimum atomic E-state index is -1.05. The van der Waals surface area contributed by atoms with Gasteiger partial charge in [-0.1, -0.05) is 19.1 Å². The molecule has 16 heavy (non-hydrogen) atoms. The number of nitrogens with zero attached hydrogens (tertiary/aromatic N) is 1. The summed E-state index contributed by atoms with van der Waals surface area (Å²) in [7, 11) is 0. The van der Waals surface area contributed by atoms with Crippen molar-refractivity contribution in [2.45, 2.75) is 13.3 Å². The molecule has 1 aromatic carbocycles. The van der Waals surface area contributed by atoms with Crippen LogP contribution in [-0.2, 0) is 4.79 Å². The fourth-order valence-corrected chi connectivity index (χ4v) is 1.36. The van der Waals surface area contributed by atoms with E-state index in [0.29, 0.717) is 17.6 Å². The number of benzene rings is 1. The molecule has 1 aromatic rings. The summed E-state index contributed by atoms with van der Waals surface area (Å²) in [5.74, 6) is -1.05. The molecule has 84 valence electrons. The van der Waals surface area contributed by atoms with Gasteiger partial charge in [0.1, 0.15) is 0 Å². The number of allylic oxidation sites excluding steroid dienone is 1. The first-order valence-corrected chi connectivity index (χ1v) is 4.73. The van der Waals surface area contributed by atoms with Crippen molar-refractivity contribution in [3.05, 3.63) is 46.0 Å². The molecule has 0 bridgehead atoms. The molecule has 0 fully saturated rings. The highest BCUT2D eigenvalue weighted by molar-refractivity contribution is 5.90. The second-order valence-corrected chi connectivity index (χ2v) is 3.17. The zero-order valence-electron chi connectivity index (χ0n) is 8.71. The highest BCUT2D eigenvalue weighted by Gasteiger charge is 2.08. The van der Waals surface area contributed by atoms with E-state index >= 15 is 0 Å². The lowest BCUT2D eigenvalue weighted by atomic mass is 10.0. The average molecular weight is 221 g/mol. The van der Waals surface area contributed by atoms with Gasteiger partial charge in [0.05, 0.1) is 4.92 Å². The van der Waals surface area contributed by atoms with Gasteiger partial charge in [0, 0.05) is 18.2 Å². The molecule has 0 atom stereocenters. The minimum Gasteiger partial charge on any atom is -0.478 e. The van der Waals surface area contributed by atoms with Crippen LogP contribution in [0.3, 0.4) is 0 Å². The third-order valence-electron chi connectivity index (χ3n) is 2.11. The van der Waals surface area contributed by atoms with Crippen molar-refractivity contribution in [3.63, 3.8) is 0 Å². The molecule has 0 unspecified atom stereocenters. The summed E-state index contributed by atoms with van der Waals surface area (Å²) in [6.07, 6.45) is 1.58. The molecule has 0 amide bonds.